The van der Waals surface area contributed by atoms with Crippen LogP contribution in [0, 0.1) is 12.3 Å². The average molecular weight is 181 g/mol. The number of halogens is 1. The molecule has 2 nitrogen and oxygen atoms in total. The van der Waals surface area contributed by atoms with Gasteiger partial charge in [0.25, 0.3) is 0 Å². The lowest BCUT2D eigenvalue weighted by atomic mass is 10.1. The molecule has 0 heterocycles. The Morgan fingerprint density at radius 1 is 1.58 bits per heavy atom. The predicted octanol–water partition coefficient (Wildman–Crippen LogP) is 2.02. The fourth-order valence-electron chi connectivity index (χ4n) is 0.849. The minimum absolute atomic E-state index is 0.0602. The van der Waals surface area contributed by atoms with Gasteiger partial charge in [0.2, 0.25) is 0 Å². The van der Waals surface area contributed by atoms with Gasteiger partial charge in [-0.15, -0.1) is 6.42 Å². The van der Waals surface area contributed by atoms with Crippen molar-refractivity contribution in [2.24, 2.45) is 0 Å². The Morgan fingerprint density at radius 3 is 2.67 bits per heavy atom. The van der Waals surface area contributed by atoms with E-state index < -0.39 is 5.97 Å². The summed E-state index contributed by atoms with van der Waals surface area (Å²) in [5.74, 6) is 1.17. The standard InChI is InChI=1S/C9H5ClO2/c1-2-6-7(9(11)12)4-3-5-8(6)10/h1,3-5H,(H,11,12). The van der Waals surface area contributed by atoms with Gasteiger partial charge < -0.3 is 5.11 Å². The normalized spacial score (nSPS) is 9.00. The summed E-state index contributed by atoms with van der Waals surface area (Å²) in [6.07, 6.45) is 5.09. The first kappa shape index (κ1) is 8.63. The SMILES string of the molecule is C#Cc1c(Cl)cccc1C(=O)O. The Bertz CT molecular complexity index is 363. The predicted molar refractivity (Wildman–Crippen MR) is 46.3 cm³/mol. The molecule has 0 aliphatic carbocycles. The van der Waals surface area contributed by atoms with Crippen molar-refractivity contribution < 1.29 is 9.90 Å². The molecule has 0 spiro atoms. The van der Waals surface area contributed by atoms with Gasteiger partial charge in [-0.3, -0.25) is 0 Å². The lowest BCUT2D eigenvalue weighted by Gasteiger charge is -1.99. The number of rotatable bonds is 1. The second kappa shape index (κ2) is 3.29. The van der Waals surface area contributed by atoms with E-state index in [0.717, 1.165) is 0 Å². The Labute approximate surface area is 74.8 Å². The zero-order chi connectivity index (χ0) is 9.14. The van der Waals surface area contributed by atoms with Crippen molar-refractivity contribution in [3.8, 4) is 12.3 Å². The molecule has 0 bridgehead atoms. The number of hydrogen-bond donors (Lipinski definition) is 1. The van der Waals surface area contributed by atoms with E-state index in [0.29, 0.717) is 0 Å². The van der Waals surface area contributed by atoms with Gasteiger partial charge in [-0.25, -0.2) is 4.79 Å². The number of terminal acetylenes is 1. The molecule has 0 saturated carbocycles. The van der Waals surface area contributed by atoms with Crippen LogP contribution in [0.1, 0.15) is 15.9 Å². The lowest BCUT2D eigenvalue weighted by molar-refractivity contribution is 0.0696. The highest BCUT2D eigenvalue weighted by Crippen LogP contribution is 2.18. The number of carboxylic acid groups (broad SMARTS) is 1. The van der Waals surface area contributed by atoms with Crippen molar-refractivity contribution in [1.29, 1.82) is 0 Å². The summed E-state index contributed by atoms with van der Waals surface area (Å²) < 4.78 is 0. The number of aromatic carboxylic acids is 1. The van der Waals surface area contributed by atoms with E-state index in [2.05, 4.69) is 5.92 Å². The van der Waals surface area contributed by atoms with E-state index in [9.17, 15) is 4.79 Å². The van der Waals surface area contributed by atoms with Gasteiger partial charge in [-0.2, -0.15) is 0 Å². The quantitative estimate of drug-likeness (QED) is 0.672. The second-order valence-corrected chi connectivity index (χ2v) is 2.52. The van der Waals surface area contributed by atoms with E-state index in [4.69, 9.17) is 23.1 Å². The molecule has 0 atom stereocenters. The third-order valence-electron chi connectivity index (χ3n) is 1.39. The summed E-state index contributed by atoms with van der Waals surface area (Å²) in [6.45, 7) is 0. The topological polar surface area (TPSA) is 37.3 Å². The zero-order valence-corrected chi connectivity index (χ0v) is 6.80. The maximum atomic E-state index is 10.6. The second-order valence-electron chi connectivity index (χ2n) is 2.11. The summed E-state index contributed by atoms with van der Waals surface area (Å²) in [4.78, 5) is 10.6. The summed E-state index contributed by atoms with van der Waals surface area (Å²) in [7, 11) is 0. The van der Waals surface area contributed by atoms with Crippen LogP contribution in [0.2, 0.25) is 5.02 Å². The van der Waals surface area contributed by atoms with Crippen LogP contribution < -0.4 is 0 Å². The van der Waals surface area contributed by atoms with Crippen LogP contribution in [-0.4, -0.2) is 11.1 Å². The Balaban J connectivity index is 3.40. The number of hydrogen-bond acceptors (Lipinski definition) is 1. The Hall–Kier alpha value is -1.46. The Kier molecular flexibility index (Phi) is 2.37. The summed E-state index contributed by atoms with van der Waals surface area (Å²) in [5, 5.41) is 8.96. The van der Waals surface area contributed by atoms with Crippen molar-refractivity contribution in [2.45, 2.75) is 0 Å². The largest absolute Gasteiger partial charge is 0.478 e. The molecule has 1 aromatic carbocycles. The molecule has 3 heteroatoms. The van der Waals surface area contributed by atoms with Crippen LogP contribution in [0.5, 0.6) is 0 Å². The van der Waals surface area contributed by atoms with Crippen molar-refractivity contribution in [1.82, 2.24) is 0 Å². The van der Waals surface area contributed by atoms with E-state index >= 15 is 0 Å². The Morgan fingerprint density at radius 2 is 2.25 bits per heavy atom. The molecule has 0 amide bonds. The molecule has 0 unspecified atom stereocenters. The molecular weight excluding hydrogens is 176 g/mol. The van der Waals surface area contributed by atoms with Crippen LogP contribution >= 0.6 is 11.6 Å². The van der Waals surface area contributed by atoms with Crippen molar-refractivity contribution in [2.75, 3.05) is 0 Å². The highest BCUT2D eigenvalue weighted by molar-refractivity contribution is 6.32. The molecule has 1 N–H and O–H groups in total. The van der Waals surface area contributed by atoms with E-state index in [-0.39, 0.29) is 16.1 Å². The fraction of sp³-hybridized carbons (Fsp3) is 0. The van der Waals surface area contributed by atoms with Crippen molar-refractivity contribution >= 4 is 17.6 Å². The molecule has 60 valence electrons. The van der Waals surface area contributed by atoms with Gasteiger partial charge in [0, 0.05) is 0 Å². The van der Waals surface area contributed by atoms with E-state index in [1.807, 2.05) is 0 Å². The average Bonchev–Trinajstić information content (AvgIpc) is 2.03. The third-order valence-corrected chi connectivity index (χ3v) is 1.70. The van der Waals surface area contributed by atoms with Crippen LogP contribution in [-0.2, 0) is 0 Å². The first-order valence-corrected chi connectivity index (χ1v) is 3.53. The maximum Gasteiger partial charge on any atom is 0.337 e. The fourth-order valence-corrected chi connectivity index (χ4v) is 1.08. The van der Waals surface area contributed by atoms with Gasteiger partial charge >= 0.3 is 5.97 Å². The van der Waals surface area contributed by atoms with Gasteiger partial charge in [0.1, 0.15) is 0 Å². The minimum atomic E-state index is -1.06. The molecule has 12 heavy (non-hydrogen) atoms. The number of carbonyl (C=O) groups is 1. The zero-order valence-electron chi connectivity index (χ0n) is 6.04. The maximum absolute atomic E-state index is 10.6. The monoisotopic (exact) mass is 180 g/mol. The van der Waals surface area contributed by atoms with Gasteiger partial charge in [0.15, 0.2) is 0 Å². The number of benzene rings is 1. The lowest BCUT2D eigenvalue weighted by Crippen LogP contribution is -1.99. The highest BCUT2D eigenvalue weighted by atomic mass is 35.5. The van der Waals surface area contributed by atoms with E-state index in [1.54, 1.807) is 12.1 Å². The molecular formula is C9H5ClO2. The summed E-state index contributed by atoms with van der Waals surface area (Å²) in [5.41, 5.74) is 0.289. The molecule has 0 fully saturated rings. The molecule has 0 aliphatic heterocycles. The van der Waals surface area contributed by atoms with Crippen LogP contribution in [0.3, 0.4) is 0 Å². The molecule has 0 aromatic heterocycles. The first-order valence-electron chi connectivity index (χ1n) is 3.15. The van der Waals surface area contributed by atoms with Gasteiger partial charge in [0.05, 0.1) is 16.1 Å². The summed E-state index contributed by atoms with van der Waals surface area (Å²) >= 11 is 5.67. The van der Waals surface area contributed by atoms with Gasteiger partial charge in [-0.05, 0) is 12.1 Å². The van der Waals surface area contributed by atoms with Crippen LogP contribution in [0.15, 0.2) is 18.2 Å². The van der Waals surface area contributed by atoms with Crippen LogP contribution in [0.25, 0.3) is 0 Å². The molecule has 0 radical (unpaired) electrons. The minimum Gasteiger partial charge on any atom is -0.478 e. The van der Waals surface area contributed by atoms with E-state index in [1.165, 1.54) is 6.07 Å². The van der Waals surface area contributed by atoms with Crippen LogP contribution in [0.4, 0.5) is 0 Å². The summed E-state index contributed by atoms with van der Waals surface area (Å²) in [6, 6.07) is 4.53. The first-order chi connectivity index (χ1) is 5.66. The smallest absolute Gasteiger partial charge is 0.337 e. The third kappa shape index (κ3) is 1.41. The van der Waals surface area contributed by atoms with Gasteiger partial charge in [-0.1, -0.05) is 23.6 Å². The number of carboxylic acids is 1. The highest BCUT2D eigenvalue weighted by Gasteiger charge is 2.09. The molecule has 1 aromatic rings. The molecule has 0 saturated heterocycles. The molecule has 0 aliphatic rings. The van der Waals surface area contributed by atoms with Crippen molar-refractivity contribution in [3.63, 3.8) is 0 Å². The molecule has 1 rings (SSSR count). The van der Waals surface area contributed by atoms with Crippen molar-refractivity contribution in [3.05, 3.63) is 34.3 Å².